The van der Waals surface area contributed by atoms with E-state index in [9.17, 15) is 5.11 Å². The quantitative estimate of drug-likeness (QED) is 0.427. The maximum Gasteiger partial charge on any atom is 0.140 e. The molecule has 0 aliphatic heterocycles. The first kappa shape index (κ1) is 11.4. The Bertz CT molecular complexity index is 546. The number of rotatable bonds is 2. The van der Waals surface area contributed by atoms with Gasteiger partial charge in [0.15, 0.2) is 0 Å². The SMILES string of the molecule is N=C1C=CC(Cl)=C/C1=N/Nc1ccccc1O. The van der Waals surface area contributed by atoms with E-state index in [1.54, 1.807) is 42.5 Å². The van der Waals surface area contributed by atoms with Crippen LogP contribution in [0.25, 0.3) is 0 Å². The van der Waals surface area contributed by atoms with E-state index < -0.39 is 0 Å². The van der Waals surface area contributed by atoms with Crippen LogP contribution in [0.2, 0.25) is 0 Å². The molecule has 86 valence electrons. The van der Waals surface area contributed by atoms with Crippen LogP contribution in [0.1, 0.15) is 0 Å². The number of aromatic hydroxyl groups is 1. The highest BCUT2D eigenvalue weighted by molar-refractivity contribution is 6.52. The lowest BCUT2D eigenvalue weighted by Gasteiger charge is -2.07. The van der Waals surface area contributed by atoms with Gasteiger partial charge in [-0.25, -0.2) is 0 Å². The van der Waals surface area contributed by atoms with E-state index >= 15 is 0 Å². The average molecular weight is 248 g/mol. The number of nitrogens with zero attached hydrogens (tertiary/aromatic N) is 1. The number of hydrazone groups is 1. The molecule has 4 nitrogen and oxygen atoms in total. The number of halogens is 1. The summed E-state index contributed by atoms with van der Waals surface area (Å²) in [5, 5.41) is 21.7. The summed E-state index contributed by atoms with van der Waals surface area (Å²) >= 11 is 5.81. The number of para-hydroxylation sites is 2. The summed E-state index contributed by atoms with van der Waals surface area (Å²) in [7, 11) is 0. The summed E-state index contributed by atoms with van der Waals surface area (Å²) < 4.78 is 0. The van der Waals surface area contributed by atoms with Gasteiger partial charge in [0.25, 0.3) is 0 Å². The van der Waals surface area contributed by atoms with E-state index in [1.807, 2.05) is 0 Å². The van der Waals surface area contributed by atoms with Gasteiger partial charge in [-0.3, -0.25) is 10.8 Å². The smallest absolute Gasteiger partial charge is 0.140 e. The first-order chi connectivity index (χ1) is 8.16. The van der Waals surface area contributed by atoms with Gasteiger partial charge in [-0.1, -0.05) is 23.7 Å². The Hall–Kier alpha value is -2.07. The van der Waals surface area contributed by atoms with E-state index in [0.717, 1.165) is 0 Å². The molecule has 1 aromatic carbocycles. The summed E-state index contributed by atoms with van der Waals surface area (Å²) in [5.74, 6) is 0.102. The minimum absolute atomic E-state index is 0.102. The zero-order valence-electron chi connectivity index (χ0n) is 8.81. The zero-order valence-corrected chi connectivity index (χ0v) is 9.57. The minimum Gasteiger partial charge on any atom is -0.506 e. The fourth-order valence-electron chi connectivity index (χ4n) is 1.29. The largest absolute Gasteiger partial charge is 0.506 e. The number of phenols is 1. The first-order valence-electron chi connectivity index (χ1n) is 4.93. The lowest BCUT2D eigenvalue weighted by atomic mass is 10.1. The molecule has 0 atom stereocenters. The molecule has 5 heteroatoms. The fourth-order valence-corrected chi connectivity index (χ4v) is 1.45. The summed E-state index contributed by atoms with van der Waals surface area (Å²) in [6, 6.07) is 6.73. The number of phenolic OH excluding ortho intramolecular Hbond substituents is 1. The van der Waals surface area contributed by atoms with Gasteiger partial charge < -0.3 is 5.11 Å². The Morgan fingerprint density at radius 2 is 2.00 bits per heavy atom. The van der Waals surface area contributed by atoms with E-state index in [2.05, 4.69) is 10.5 Å². The maximum absolute atomic E-state index is 9.52. The topological polar surface area (TPSA) is 68.5 Å². The molecule has 0 spiro atoms. The molecule has 2 rings (SSSR count). The lowest BCUT2D eigenvalue weighted by Crippen LogP contribution is -2.12. The van der Waals surface area contributed by atoms with Crippen LogP contribution in [0.4, 0.5) is 5.69 Å². The molecule has 0 radical (unpaired) electrons. The van der Waals surface area contributed by atoms with Crippen molar-refractivity contribution >= 4 is 28.7 Å². The van der Waals surface area contributed by atoms with Crippen LogP contribution in [-0.4, -0.2) is 16.5 Å². The van der Waals surface area contributed by atoms with Crippen molar-refractivity contribution in [3.8, 4) is 5.75 Å². The van der Waals surface area contributed by atoms with Gasteiger partial charge >= 0.3 is 0 Å². The number of allylic oxidation sites excluding steroid dienone is 4. The molecule has 0 unspecified atom stereocenters. The molecule has 3 N–H and O–H groups in total. The van der Waals surface area contributed by atoms with Gasteiger partial charge in [-0.15, -0.1) is 0 Å². The first-order valence-corrected chi connectivity index (χ1v) is 5.30. The second-order valence-electron chi connectivity index (χ2n) is 3.40. The molecule has 0 aromatic heterocycles. The third kappa shape index (κ3) is 2.73. The van der Waals surface area contributed by atoms with Crippen molar-refractivity contribution < 1.29 is 5.11 Å². The molecule has 0 saturated carbocycles. The second kappa shape index (κ2) is 4.84. The predicted octanol–water partition coefficient (Wildman–Crippen LogP) is 2.87. The fraction of sp³-hybridized carbons (Fsp3) is 0. The van der Waals surface area contributed by atoms with Crippen molar-refractivity contribution in [1.82, 2.24) is 0 Å². The van der Waals surface area contributed by atoms with Gasteiger partial charge in [-0.05, 0) is 30.4 Å². The standard InChI is InChI=1S/C12H10ClN3O/c13-8-5-6-9(14)11(7-8)16-15-10-3-1-2-4-12(10)17/h1-7,14-15,17H/b14-9?,16-11-. The molecular formula is C12H10ClN3O. The van der Waals surface area contributed by atoms with E-state index in [1.165, 1.54) is 0 Å². The second-order valence-corrected chi connectivity index (χ2v) is 3.84. The van der Waals surface area contributed by atoms with Crippen LogP contribution < -0.4 is 5.43 Å². The number of nitrogens with one attached hydrogen (secondary N) is 2. The molecule has 1 aliphatic carbocycles. The third-order valence-electron chi connectivity index (χ3n) is 2.16. The van der Waals surface area contributed by atoms with Crippen molar-refractivity contribution in [3.05, 3.63) is 47.5 Å². The molecule has 1 aliphatic rings. The van der Waals surface area contributed by atoms with Crippen LogP contribution in [-0.2, 0) is 0 Å². The van der Waals surface area contributed by atoms with Gasteiger partial charge in [0.1, 0.15) is 11.5 Å². The third-order valence-corrected chi connectivity index (χ3v) is 2.40. The van der Waals surface area contributed by atoms with E-state index in [4.69, 9.17) is 17.0 Å². The van der Waals surface area contributed by atoms with Crippen LogP contribution in [0.15, 0.2) is 52.6 Å². The Kier molecular flexibility index (Phi) is 3.25. The molecule has 0 fully saturated rings. The molecule has 0 bridgehead atoms. The van der Waals surface area contributed by atoms with Crippen molar-refractivity contribution in [2.45, 2.75) is 0 Å². The van der Waals surface area contributed by atoms with E-state index in [-0.39, 0.29) is 11.5 Å². The average Bonchev–Trinajstić information content (AvgIpc) is 2.32. The summed E-state index contributed by atoms with van der Waals surface area (Å²) in [6.07, 6.45) is 4.77. The number of anilines is 1. The highest BCUT2D eigenvalue weighted by atomic mass is 35.5. The maximum atomic E-state index is 9.52. The predicted molar refractivity (Wildman–Crippen MR) is 70.0 cm³/mol. The molecule has 1 aromatic rings. The van der Waals surface area contributed by atoms with Gasteiger partial charge in [0, 0.05) is 5.03 Å². The number of hydrogen-bond acceptors (Lipinski definition) is 4. The van der Waals surface area contributed by atoms with Crippen LogP contribution >= 0.6 is 11.6 Å². The summed E-state index contributed by atoms with van der Waals surface area (Å²) in [4.78, 5) is 0. The normalized spacial score (nSPS) is 17.1. The van der Waals surface area contributed by atoms with Crippen LogP contribution in [0, 0.1) is 5.41 Å². The lowest BCUT2D eigenvalue weighted by molar-refractivity contribution is 0.477. The van der Waals surface area contributed by atoms with Gasteiger partial charge in [-0.2, -0.15) is 5.10 Å². The molecular weight excluding hydrogens is 238 g/mol. The Morgan fingerprint density at radius 1 is 1.24 bits per heavy atom. The van der Waals surface area contributed by atoms with Gasteiger partial charge in [0.05, 0.1) is 11.4 Å². The number of hydrogen-bond donors (Lipinski definition) is 3. The Morgan fingerprint density at radius 3 is 2.76 bits per heavy atom. The molecule has 17 heavy (non-hydrogen) atoms. The summed E-state index contributed by atoms with van der Waals surface area (Å²) in [6.45, 7) is 0. The Balaban J connectivity index is 2.19. The monoisotopic (exact) mass is 247 g/mol. The highest BCUT2D eigenvalue weighted by Gasteiger charge is 2.07. The zero-order chi connectivity index (χ0) is 12.3. The van der Waals surface area contributed by atoms with Crippen LogP contribution in [0.5, 0.6) is 5.75 Å². The number of benzene rings is 1. The molecule has 0 amide bonds. The highest BCUT2D eigenvalue weighted by Crippen LogP contribution is 2.21. The van der Waals surface area contributed by atoms with Gasteiger partial charge in [0.2, 0.25) is 0 Å². The van der Waals surface area contributed by atoms with Crippen molar-refractivity contribution in [1.29, 1.82) is 5.41 Å². The van der Waals surface area contributed by atoms with Crippen LogP contribution in [0.3, 0.4) is 0 Å². The van der Waals surface area contributed by atoms with E-state index in [0.29, 0.717) is 16.4 Å². The van der Waals surface area contributed by atoms with Crippen molar-refractivity contribution in [2.24, 2.45) is 5.10 Å². The molecule has 0 saturated heterocycles. The Labute approximate surface area is 103 Å². The summed E-state index contributed by atoms with van der Waals surface area (Å²) in [5.41, 5.74) is 3.85. The molecule has 0 heterocycles. The minimum atomic E-state index is 0.102. The van der Waals surface area contributed by atoms with Crippen molar-refractivity contribution in [2.75, 3.05) is 5.43 Å². The van der Waals surface area contributed by atoms with Crippen molar-refractivity contribution in [3.63, 3.8) is 0 Å².